The molecule has 3 unspecified atom stereocenters. The molecule has 1 fully saturated rings. The van der Waals surface area contributed by atoms with E-state index in [1.54, 1.807) is 11.3 Å². The van der Waals surface area contributed by atoms with Gasteiger partial charge in [-0.2, -0.15) is 11.3 Å². The zero-order valence-corrected chi connectivity index (χ0v) is 10.3. The Labute approximate surface area is 95.3 Å². The highest BCUT2D eigenvalue weighted by molar-refractivity contribution is 7.07. The summed E-state index contributed by atoms with van der Waals surface area (Å²) in [5, 5.41) is 17.5. The van der Waals surface area contributed by atoms with Gasteiger partial charge >= 0.3 is 0 Å². The molecular formula is C12H19NOS. The summed E-state index contributed by atoms with van der Waals surface area (Å²) >= 11 is 1.73. The molecule has 0 amide bonds. The van der Waals surface area contributed by atoms with E-state index in [0.717, 1.165) is 6.42 Å². The third-order valence-corrected chi connectivity index (χ3v) is 4.41. The average Bonchev–Trinajstić information content (AvgIpc) is 2.70. The Morgan fingerprint density at radius 3 is 2.80 bits per heavy atom. The van der Waals surface area contributed by atoms with E-state index in [9.17, 15) is 5.11 Å². The van der Waals surface area contributed by atoms with E-state index >= 15 is 0 Å². The van der Waals surface area contributed by atoms with Crippen molar-refractivity contribution in [2.75, 3.05) is 0 Å². The fourth-order valence-corrected chi connectivity index (χ4v) is 2.86. The first-order valence-electron chi connectivity index (χ1n) is 5.48. The molecule has 0 spiro atoms. The predicted molar refractivity (Wildman–Crippen MR) is 64.1 cm³/mol. The topological polar surface area (TPSA) is 32.3 Å². The summed E-state index contributed by atoms with van der Waals surface area (Å²) in [7, 11) is 0. The molecular weight excluding hydrogens is 206 g/mol. The van der Waals surface area contributed by atoms with Crippen LogP contribution >= 0.6 is 11.3 Å². The Hall–Kier alpha value is -0.380. The van der Waals surface area contributed by atoms with Crippen molar-refractivity contribution in [2.24, 2.45) is 5.41 Å². The second kappa shape index (κ2) is 3.89. The zero-order chi connectivity index (χ0) is 11.1. The van der Waals surface area contributed by atoms with Gasteiger partial charge in [-0.1, -0.05) is 13.8 Å². The zero-order valence-electron chi connectivity index (χ0n) is 9.53. The van der Waals surface area contributed by atoms with Gasteiger partial charge < -0.3 is 10.4 Å². The van der Waals surface area contributed by atoms with Crippen LogP contribution in [-0.2, 0) is 0 Å². The molecule has 1 heterocycles. The summed E-state index contributed by atoms with van der Waals surface area (Å²) in [6.45, 7) is 6.43. The first-order valence-corrected chi connectivity index (χ1v) is 6.42. The third kappa shape index (κ3) is 1.96. The predicted octanol–water partition coefficient (Wildman–Crippen LogP) is 2.56. The van der Waals surface area contributed by atoms with E-state index in [4.69, 9.17) is 0 Å². The lowest BCUT2D eigenvalue weighted by atomic mass is 9.64. The number of rotatable bonds is 3. The van der Waals surface area contributed by atoms with Crippen LogP contribution in [0.1, 0.15) is 38.8 Å². The number of aliphatic hydroxyl groups is 1. The number of thiophene rings is 1. The second-order valence-corrected chi connectivity index (χ2v) is 5.85. The minimum absolute atomic E-state index is 0.0181. The third-order valence-electron chi connectivity index (χ3n) is 3.71. The summed E-state index contributed by atoms with van der Waals surface area (Å²) in [6, 6.07) is 2.97. The van der Waals surface area contributed by atoms with Gasteiger partial charge in [-0.3, -0.25) is 0 Å². The van der Waals surface area contributed by atoms with Crippen molar-refractivity contribution in [3.05, 3.63) is 22.4 Å². The van der Waals surface area contributed by atoms with Crippen LogP contribution in [0.2, 0.25) is 0 Å². The molecule has 3 heteroatoms. The molecule has 1 aliphatic rings. The number of hydrogen-bond acceptors (Lipinski definition) is 3. The van der Waals surface area contributed by atoms with Gasteiger partial charge in [-0.15, -0.1) is 0 Å². The highest BCUT2D eigenvalue weighted by Crippen LogP contribution is 2.41. The minimum atomic E-state index is -0.148. The van der Waals surface area contributed by atoms with Gasteiger partial charge in [0.2, 0.25) is 0 Å². The second-order valence-electron chi connectivity index (χ2n) is 5.07. The number of aliphatic hydroxyl groups excluding tert-OH is 1. The Kier molecular flexibility index (Phi) is 2.88. The van der Waals surface area contributed by atoms with Crippen LogP contribution < -0.4 is 5.32 Å². The van der Waals surface area contributed by atoms with Crippen LogP contribution in [0, 0.1) is 5.41 Å². The quantitative estimate of drug-likeness (QED) is 0.828. The van der Waals surface area contributed by atoms with Crippen LogP contribution in [0.25, 0.3) is 0 Å². The molecule has 2 nitrogen and oxygen atoms in total. The van der Waals surface area contributed by atoms with E-state index in [-0.39, 0.29) is 11.5 Å². The van der Waals surface area contributed by atoms with Crippen molar-refractivity contribution >= 4 is 11.3 Å². The fraction of sp³-hybridized carbons (Fsp3) is 0.667. The largest absolute Gasteiger partial charge is 0.392 e. The van der Waals surface area contributed by atoms with Gasteiger partial charge in [-0.05, 0) is 35.7 Å². The van der Waals surface area contributed by atoms with E-state index in [1.165, 1.54) is 5.56 Å². The maximum atomic E-state index is 9.65. The summed E-state index contributed by atoms with van der Waals surface area (Å²) < 4.78 is 0. The van der Waals surface area contributed by atoms with Crippen molar-refractivity contribution in [3.8, 4) is 0 Å². The van der Waals surface area contributed by atoms with E-state index in [2.05, 4.69) is 42.9 Å². The lowest BCUT2D eigenvalue weighted by molar-refractivity contribution is -0.0754. The maximum Gasteiger partial charge on any atom is 0.0621 e. The normalized spacial score (nSPS) is 30.9. The number of nitrogens with one attached hydrogen (secondary N) is 1. The Bertz CT molecular complexity index is 320. The molecule has 2 rings (SSSR count). The summed E-state index contributed by atoms with van der Waals surface area (Å²) in [5.74, 6) is 0. The molecule has 3 atom stereocenters. The molecule has 15 heavy (non-hydrogen) atoms. The standard InChI is InChI=1S/C12H19NOS/c1-8(9-4-5-15-7-9)13-10-6-11(14)12(10,2)3/h4-5,7-8,10-11,13-14H,6H2,1-3H3. The van der Waals surface area contributed by atoms with Gasteiger partial charge in [0.25, 0.3) is 0 Å². The van der Waals surface area contributed by atoms with Crippen molar-refractivity contribution in [1.82, 2.24) is 5.32 Å². The summed E-state index contributed by atoms with van der Waals surface area (Å²) in [6.07, 6.45) is 0.728. The highest BCUT2D eigenvalue weighted by atomic mass is 32.1. The highest BCUT2D eigenvalue weighted by Gasteiger charge is 2.47. The van der Waals surface area contributed by atoms with Gasteiger partial charge in [0.1, 0.15) is 0 Å². The molecule has 1 saturated carbocycles. The monoisotopic (exact) mass is 225 g/mol. The molecule has 0 saturated heterocycles. The molecule has 0 bridgehead atoms. The maximum absolute atomic E-state index is 9.65. The number of hydrogen-bond donors (Lipinski definition) is 2. The molecule has 0 aromatic carbocycles. The van der Waals surface area contributed by atoms with E-state index in [0.29, 0.717) is 12.1 Å². The smallest absolute Gasteiger partial charge is 0.0621 e. The summed E-state index contributed by atoms with van der Waals surface area (Å²) in [4.78, 5) is 0. The lowest BCUT2D eigenvalue weighted by Gasteiger charge is -2.50. The Morgan fingerprint density at radius 1 is 1.60 bits per heavy atom. The van der Waals surface area contributed by atoms with Crippen molar-refractivity contribution < 1.29 is 5.11 Å². The van der Waals surface area contributed by atoms with Gasteiger partial charge in [0, 0.05) is 17.5 Å². The van der Waals surface area contributed by atoms with E-state index in [1.807, 2.05) is 0 Å². The fourth-order valence-electron chi connectivity index (χ4n) is 2.10. The first kappa shape index (κ1) is 11.1. The SMILES string of the molecule is CC(NC1CC(O)C1(C)C)c1ccsc1. The summed E-state index contributed by atoms with van der Waals surface area (Å²) in [5.41, 5.74) is 1.36. The van der Waals surface area contributed by atoms with Crippen molar-refractivity contribution in [2.45, 2.75) is 45.4 Å². The Morgan fingerprint density at radius 2 is 2.33 bits per heavy atom. The van der Waals surface area contributed by atoms with Crippen molar-refractivity contribution in [3.63, 3.8) is 0 Å². The molecule has 0 radical (unpaired) electrons. The van der Waals surface area contributed by atoms with Gasteiger partial charge in [0.05, 0.1) is 6.10 Å². The first-order chi connectivity index (χ1) is 7.01. The van der Waals surface area contributed by atoms with Gasteiger partial charge in [0.15, 0.2) is 0 Å². The average molecular weight is 225 g/mol. The van der Waals surface area contributed by atoms with Crippen LogP contribution in [0.5, 0.6) is 0 Å². The van der Waals surface area contributed by atoms with Crippen LogP contribution in [0.15, 0.2) is 16.8 Å². The minimum Gasteiger partial charge on any atom is -0.392 e. The molecule has 0 aliphatic heterocycles. The van der Waals surface area contributed by atoms with Crippen LogP contribution in [0.3, 0.4) is 0 Å². The molecule has 84 valence electrons. The molecule has 1 aliphatic carbocycles. The van der Waals surface area contributed by atoms with Crippen molar-refractivity contribution in [1.29, 1.82) is 0 Å². The van der Waals surface area contributed by atoms with Crippen LogP contribution in [0.4, 0.5) is 0 Å². The van der Waals surface area contributed by atoms with E-state index < -0.39 is 0 Å². The molecule has 1 aromatic heterocycles. The van der Waals surface area contributed by atoms with Gasteiger partial charge in [-0.25, -0.2) is 0 Å². The lowest BCUT2D eigenvalue weighted by Crippen LogP contribution is -2.60. The molecule has 1 aromatic rings. The van der Waals surface area contributed by atoms with Crippen LogP contribution in [-0.4, -0.2) is 17.3 Å². The molecule has 2 N–H and O–H groups in total. The Balaban J connectivity index is 1.94.